The molecule has 9 nitrogen and oxygen atoms in total. The minimum absolute atomic E-state index is 0.0734. The monoisotopic (exact) mass is 598 g/mol. The van der Waals surface area contributed by atoms with Crippen LogP contribution in [0.3, 0.4) is 0 Å². The highest BCUT2D eigenvalue weighted by atomic mass is 16.5. The Morgan fingerprint density at radius 3 is 2.65 bits per heavy atom. The number of allylic oxidation sites excluding steroid dienone is 5. The van der Waals surface area contributed by atoms with Crippen molar-refractivity contribution >= 4 is 12.6 Å². The standard InChI is InChI=1S/C18H27NO2.C14H21N3O2.C2H6O/c1-4-6-14-19-17(20)16(10-5-2)11-15-21-18(3)12-8-7-9-13-18;1-15-11-16-5-6-17(14(19)9-16)8-12-3-2-4-13(7-12)10-18;1-3-2/h5-9,11-12,14-17,19-20H,2,4,10,13H2,1,3H3;2-3,7,13,18H,1,4-6,8-11H2;1-2H3/b14-6+,15-11+;;. The van der Waals surface area contributed by atoms with Crippen LogP contribution in [-0.4, -0.2) is 98.1 Å². The number of carbonyl (C=O) groups is 1. The first-order valence-corrected chi connectivity index (χ1v) is 14.9. The van der Waals surface area contributed by atoms with E-state index in [1.165, 1.54) is 0 Å². The summed E-state index contributed by atoms with van der Waals surface area (Å²) in [6.45, 7) is 14.6. The molecule has 4 atom stereocenters. The maximum atomic E-state index is 12.0. The van der Waals surface area contributed by atoms with Crippen molar-refractivity contribution in [1.82, 2.24) is 15.1 Å². The van der Waals surface area contributed by atoms with Gasteiger partial charge in [-0.1, -0.05) is 55.5 Å². The zero-order valence-electron chi connectivity index (χ0n) is 26.6. The molecule has 1 heterocycles. The van der Waals surface area contributed by atoms with Crippen LogP contribution < -0.4 is 5.32 Å². The van der Waals surface area contributed by atoms with Crippen LogP contribution in [0, 0.1) is 11.8 Å². The van der Waals surface area contributed by atoms with E-state index in [0.717, 1.165) is 37.9 Å². The molecule has 1 aliphatic heterocycles. The SMILES string of the molecule is C=CCC(/C=C/OC1(C)C=CC=CC1)C(O)N/C=C/CC.C=NCN1CCN(CC2=CC(CO)CC=C2)C(=O)C1.COC. The third-order valence-corrected chi connectivity index (χ3v) is 6.87. The third kappa shape index (κ3) is 15.7. The number of aliphatic hydroxyl groups is 2. The van der Waals surface area contributed by atoms with Gasteiger partial charge in [0.25, 0.3) is 0 Å². The van der Waals surface area contributed by atoms with Gasteiger partial charge in [0.1, 0.15) is 11.8 Å². The van der Waals surface area contributed by atoms with Gasteiger partial charge >= 0.3 is 0 Å². The lowest BCUT2D eigenvalue weighted by Gasteiger charge is -2.34. The smallest absolute Gasteiger partial charge is 0.237 e. The summed E-state index contributed by atoms with van der Waals surface area (Å²) >= 11 is 0. The molecule has 0 spiro atoms. The van der Waals surface area contributed by atoms with E-state index < -0.39 is 6.23 Å². The molecule has 4 unspecified atom stereocenters. The average molecular weight is 599 g/mol. The average Bonchev–Trinajstić information content (AvgIpc) is 2.99. The van der Waals surface area contributed by atoms with Gasteiger partial charge < -0.3 is 29.9 Å². The summed E-state index contributed by atoms with van der Waals surface area (Å²) in [6, 6.07) is 0. The van der Waals surface area contributed by atoms with Crippen LogP contribution in [-0.2, 0) is 14.3 Å². The number of hydrogen-bond acceptors (Lipinski definition) is 8. The second-order valence-corrected chi connectivity index (χ2v) is 10.8. The zero-order chi connectivity index (χ0) is 31.9. The quantitative estimate of drug-likeness (QED) is 0.118. The van der Waals surface area contributed by atoms with Crippen molar-refractivity contribution in [3.05, 3.63) is 85.4 Å². The molecule has 0 saturated carbocycles. The first kappa shape index (κ1) is 37.8. The molecule has 0 bridgehead atoms. The Balaban J connectivity index is 0.000000395. The van der Waals surface area contributed by atoms with Gasteiger partial charge in [0, 0.05) is 58.7 Å². The summed E-state index contributed by atoms with van der Waals surface area (Å²) in [7, 11) is 3.25. The Morgan fingerprint density at radius 1 is 1.28 bits per heavy atom. The lowest BCUT2D eigenvalue weighted by Crippen LogP contribution is -2.50. The molecule has 43 heavy (non-hydrogen) atoms. The number of methoxy groups -OCH3 is 1. The van der Waals surface area contributed by atoms with Gasteiger partial charge in [0.05, 0.1) is 19.5 Å². The molecule has 0 aromatic heterocycles. The van der Waals surface area contributed by atoms with Crippen molar-refractivity contribution < 1.29 is 24.5 Å². The molecular formula is C34H54N4O5. The minimum atomic E-state index is -0.653. The third-order valence-electron chi connectivity index (χ3n) is 6.87. The Morgan fingerprint density at radius 2 is 2.05 bits per heavy atom. The number of piperazine rings is 1. The van der Waals surface area contributed by atoms with Crippen molar-refractivity contribution in [3.63, 3.8) is 0 Å². The predicted molar refractivity (Wildman–Crippen MR) is 176 cm³/mol. The van der Waals surface area contributed by atoms with E-state index in [2.05, 4.69) is 52.6 Å². The molecule has 2 aliphatic carbocycles. The van der Waals surface area contributed by atoms with Crippen molar-refractivity contribution in [2.24, 2.45) is 16.8 Å². The van der Waals surface area contributed by atoms with Crippen LogP contribution in [0.2, 0.25) is 0 Å². The van der Waals surface area contributed by atoms with Gasteiger partial charge in [0.2, 0.25) is 5.91 Å². The maximum Gasteiger partial charge on any atom is 0.237 e. The molecule has 3 N–H and O–H groups in total. The van der Waals surface area contributed by atoms with Crippen LogP contribution >= 0.6 is 0 Å². The van der Waals surface area contributed by atoms with Crippen LogP contribution in [0.25, 0.3) is 0 Å². The van der Waals surface area contributed by atoms with Crippen LogP contribution in [0.1, 0.15) is 39.5 Å². The van der Waals surface area contributed by atoms with E-state index in [9.17, 15) is 15.0 Å². The molecule has 240 valence electrons. The van der Waals surface area contributed by atoms with E-state index in [0.29, 0.717) is 26.2 Å². The zero-order valence-corrected chi connectivity index (χ0v) is 26.6. The van der Waals surface area contributed by atoms with E-state index in [1.807, 2.05) is 54.0 Å². The van der Waals surface area contributed by atoms with Crippen LogP contribution in [0.15, 0.2) is 90.4 Å². The van der Waals surface area contributed by atoms with Crippen molar-refractivity contribution in [1.29, 1.82) is 0 Å². The molecule has 1 amide bonds. The molecule has 0 aromatic rings. The highest BCUT2D eigenvalue weighted by Gasteiger charge is 2.24. The lowest BCUT2D eigenvalue weighted by molar-refractivity contribution is -0.135. The second kappa shape index (κ2) is 22.3. The fraction of sp³-hybridized carbons (Fsp3) is 0.529. The first-order chi connectivity index (χ1) is 20.7. The van der Waals surface area contributed by atoms with Crippen LogP contribution in [0.4, 0.5) is 0 Å². The Kier molecular flexibility index (Phi) is 19.6. The van der Waals surface area contributed by atoms with Gasteiger partial charge in [-0.05, 0) is 56.8 Å². The summed E-state index contributed by atoms with van der Waals surface area (Å²) in [5.41, 5.74) is 0.818. The highest BCUT2D eigenvalue weighted by molar-refractivity contribution is 5.79. The van der Waals surface area contributed by atoms with Crippen molar-refractivity contribution in [3.8, 4) is 0 Å². The van der Waals surface area contributed by atoms with Gasteiger partial charge in [0.15, 0.2) is 0 Å². The number of nitrogens with one attached hydrogen (secondary N) is 1. The van der Waals surface area contributed by atoms with Gasteiger partial charge in [-0.3, -0.25) is 14.7 Å². The summed E-state index contributed by atoms with van der Waals surface area (Å²) in [6.07, 6.45) is 26.1. The molecule has 0 aromatic carbocycles. The summed E-state index contributed by atoms with van der Waals surface area (Å²) in [4.78, 5) is 19.7. The number of nitrogens with zero attached hydrogens (tertiary/aromatic N) is 3. The fourth-order valence-corrected chi connectivity index (χ4v) is 4.46. The number of aliphatic imine (C=N–C) groups is 1. The second-order valence-electron chi connectivity index (χ2n) is 10.8. The van der Waals surface area contributed by atoms with Gasteiger partial charge in [-0.2, -0.15) is 0 Å². The van der Waals surface area contributed by atoms with Gasteiger partial charge in [-0.15, -0.1) is 6.58 Å². The first-order valence-electron chi connectivity index (χ1n) is 14.9. The number of hydrogen-bond donors (Lipinski definition) is 3. The Labute approximate surface area is 259 Å². The summed E-state index contributed by atoms with van der Waals surface area (Å²) < 4.78 is 10.1. The topological polar surface area (TPSA) is 107 Å². The van der Waals surface area contributed by atoms with Crippen molar-refractivity contribution in [2.45, 2.75) is 51.4 Å². The molecule has 3 aliphatic rings. The predicted octanol–water partition coefficient (Wildman–Crippen LogP) is 4.36. The van der Waals surface area contributed by atoms with E-state index >= 15 is 0 Å². The minimum Gasteiger partial charge on any atom is -0.491 e. The highest BCUT2D eigenvalue weighted by Crippen LogP contribution is 2.23. The Hall–Kier alpha value is -3.24. The van der Waals surface area contributed by atoms with E-state index in [1.54, 1.807) is 32.8 Å². The fourth-order valence-electron chi connectivity index (χ4n) is 4.46. The molecule has 1 saturated heterocycles. The van der Waals surface area contributed by atoms with Crippen LogP contribution in [0.5, 0.6) is 0 Å². The molecular weight excluding hydrogens is 544 g/mol. The summed E-state index contributed by atoms with van der Waals surface area (Å²) in [5, 5.41) is 22.3. The number of aliphatic hydroxyl groups excluding tert-OH is 2. The number of ether oxygens (including phenoxy) is 2. The Bertz CT molecular complexity index is 1000. The number of rotatable bonds is 14. The number of amides is 1. The van der Waals surface area contributed by atoms with E-state index in [4.69, 9.17) is 4.74 Å². The molecule has 1 fully saturated rings. The van der Waals surface area contributed by atoms with Crippen molar-refractivity contribution in [2.75, 3.05) is 53.7 Å². The molecule has 3 rings (SSSR count). The lowest BCUT2D eigenvalue weighted by atomic mass is 9.96. The normalized spacial score (nSPS) is 23.1. The largest absolute Gasteiger partial charge is 0.491 e. The summed E-state index contributed by atoms with van der Waals surface area (Å²) in [5.74, 6) is 0.257. The van der Waals surface area contributed by atoms with E-state index in [-0.39, 0.29) is 30.0 Å². The molecule has 0 radical (unpaired) electrons. The maximum absolute atomic E-state index is 12.0. The molecule has 9 heteroatoms. The van der Waals surface area contributed by atoms with Gasteiger partial charge in [-0.25, -0.2) is 0 Å². The number of carbonyl (C=O) groups excluding carboxylic acids is 1.